The molecule has 0 spiro atoms. The molecule has 10 heteroatoms. The second-order valence-electron chi connectivity index (χ2n) is 6.09. The summed E-state index contributed by atoms with van der Waals surface area (Å²) in [4.78, 5) is 0.135. The number of ether oxygens (including phenoxy) is 2. The Morgan fingerprint density at radius 3 is 2.23 bits per heavy atom. The number of hydrogen-bond acceptors (Lipinski definition) is 7. The number of anilines is 1. The minimum Gasteiger partial charge on any atom is -0.497 e. The summed E-state index contributed by atoms with van der Waals surface area (Å²) >= 11 is 0. The van der Waals surface area contributed by atoms with Gasteiger partial charge in [0, 0.05) is 24.1 Å². The Morgan fingerprint density at radius 1 is 0.900 bits per heavy atom. The molecule has 9 nitrogen and oxygen atoms in total. The van der Waals surface area contributed by atoms with E-state index in [2.05, 4.69) is 20.0 Å². The first-order chi connectivity index (χ1) is 14.5. The maximum Gasteiger partial charge on any atom is 0.261 e. The fraction of sp³-hybridized carbons (Fsp3) is 0.0500. The Bertz CT molecular complexity index is 1210. The van der Waals surface area contributed by atoms with Crippen LogP contribution in [0.4, 0.5) is 5.69 Å². The zero-order valence-corrected chi connectivity index (χ0v) is 16.7. The van der Waals surface area contributed by atoms with Gasteiger partial charge in [0.2, 0.25) is 5.88 Å². The van der Waals surface area contributed by atoms with Crippen molar-refractivity contribution in [2.75, 3.05) is 11.8 Å². The van der Waals surface area contributed by atoms with Gasteiger partial charge in [0.05, 0.1) is 12.0 Å². The van der Waals surface area contributed by atoms with Gasteiger partial charge in [-0.25, -0.2) is 13.1 Å². The number of sulfonamides is 1. The average molecular weight is 423 g/mol. The van der Waals surface area contributed by atoms with E-state index in [0.29, 0.717) is 28.9 Å². The second-order valence-corrected chi connectivity index (χ2v) is 7.77. The van der Waals surface area contributed by atoms with Gasteiger partial charge in [0.1, 0.15) is 11.5 Å². The molecule has 4 rings (SSSR count). The molecule has 0 atom stereocenters. The van der Waals surface area contributed by atoms with Crippen LogP contribution in [-0.2, 0) is 10.0 Å². The van der Waals surface area contributed by atoms with Crippen LogP contribution in [0.2, 0.25) is 0 Å². The molecule has 2 aromatic heterocycles. The topological polar surface area (TPSA) is 108 Å². The number of nitrogens with one attached hydrogen (secondary N) is 1. The van der Waals surface area contributed by atoms with Gasteiger partial charge in [-0.1, -0.05) is 0 Å². The van der Waals surface area contributed by atoms with E-state index in [4.69, 9.17) is 9.47 Å². The highest BCUT2D eigenvalue weighted by Crippen LogP contribution is 2.24. The first-order valence-electron chi connectivity index (χ1n) is 8.82. The van der Waals surface area contributed by atoms with E-state index in [9.17, 15) is 8.42 Å². The quantitative estimate of drug-likeness (QED) is 0.486. The standard InChI is InChI=1S/C20H17N5O4S/c1-28-16-7-9-18(10-8-16)30(26,27)24-15-3-5-17(6-4-15)29-20-12-11-19(22-23-20)25-14-2-13-21-25/h2-14,24H,1H3. The molecule has 0 saturated heterocycles. The van der Waals surface area contributed by atoms with E-state index in [0.717, 1.165) is 0 Å². The maximum atomic E-state index is 12.5. The lowest BCUT2D eigenvalue weighted by Gasteiger charge is -2.10. The molecule has 0 bridgehead atoms. The molecule has 0 unspecified atom stereocenters. The average Bonchev–Trinajstić information content (AvgIpc) is 3.30. The SMILES string of the molecule is COc1ccc(S(=O)(=O)Nc2ccc(Oc3ccc(-n4cccn4)nn3)cc2)cc1. The lowest BCUT2D eigenvalue weighted by atomic mass is 10.3. The molecule has 0 aliphatic carbocycles. The monoisotopic (exact) mass is 423 g/mol. The van der Waals surface area contributed by atoms with Crippen LogP contribution in [0.15, 0.2) is 84.0 Å². The van der Waals surface area contributed by atoms with Crippen molar-refractivity contribution < 1.29 is 17.9 Å². The van der Waals surface area contributed by atoms with Crippen molar-refractivity contribution in [2.45, 2.75) is 4.90 Å². The van der Waals surface area contributed by atoms with Crippen molar-refractivity contribution in [2.24, 2.45) is 0 Å². The molecule has 2 aromatic carbocycles. The van der Waals surface area contributed by atoms with Crippen LogP contribution in [-0.4, -0.2) is 35.5 Å². The molecule has 30 heavy (non-hydrogen) atoms. The molecular weight excluding hydrogens is 406 g/mol. The third-order valence-electron chi connectivity index (χ3n) is 4.06. The number of nitrogens with zero attached hydrogens (tertiary/aromatic N) is 4. The molecule has 4 aromatic rings. The van der Waals surface area contributed by atoms with Crippen molar-refractivity contribution in [3.8, 4) is 23.2 Å². The molecule has 2 heterocycles. The zero-order chi connectivity index (χ0) is 21.0. The zero-order valence-electron chi connectivity index (χ0n) is 15.8. The lowest BCUT2D eigenvalue weighted by molar-refractivity contribution is 0.414. The van der Waals surface area contributed by atoms with Crippen molar-refractivity contribution >= 4 is 15.7 Å². The summed E-state index contributed by atoms with van der Waals surface area (Å²) in [6.07, 6.45) is 3.41. The molecule has 1 N–H and O–H groups in total. The third-order valence-corrected chi connectivity index (χ3v) is 5.46. The van der Waals surface area contributed by atoms with Crippen LogP contribution < -0.4 is 14.2 Å². The predicted octanol–water partition coefficient (Wildman–Crippen LogP) is 3.26. The first kappa shape index (κ1) is 19.4. The Kier molecular flexibility index (Phi) is 5.31. The number of benzene rings is 2. The Labute approximate surface area is 173 Å². The number of aromatic nitrogens is 4. The van der Waals surface area contributed by atoms with Gasteiger partial charge in [-0.2, -0.15) is 5.10 Å². The number of rotatable bonds is 7. The van der Waals surface area contributed by atoms with Crippen LogP contribution in [0.1, 0.15) is 0 Å². The van der Waals surface area contributed by atoms with Gasteiger partial charge < -0.3 is 9.47 Å². The maximum absolute atomic E-state index is 12.5. The van der Waals surface area contributed by atoms with E-state index in [1.165, 1.54) is 19.2 Å². The van der Waals surface area contributed by atoms with Crippen molar-refractivity contribution in [3.63, 3.8) is 0 Å². The molecule has 0 saturated carbocycles. The molecule has 0 radical (unpaired) electrons. The molecular formula is C20H17N5O4S. The van der Waals surface area contributed by atoms with Crippen LogP contribution in [0.25, 0.3) is 5.82 Å². The van der Waals surface area contributed by atoms with Gasteiger partial charge >= 0.3 is 0 Å². The van der Waals surface area contributed by atoms with Crippen molar-refractivity contribution in [3.05, 3.63) is 79.1 Å². The van der Waals surface area contributed by atoms with E-state index >= 15 is 0 Å². The molecule has 152 valence electrons. The summed E-state index contributed by atoms with van der Waals surface area (Å²) < 4.78 is 39.8. The van der Waals surface area contributed by atoms with Crippen LogP contribution in [0, 0.1) is 0 Å². The number of methoxy groups -OCH3 is 1. The van der Waals surface area contributed by atoms with E-state index in [-0.39, 0.29) is 4.90 Å². The first-order valence-corrected chi connectivity index (χ1v) is 10.3. The van der Waals surface area contributed by atoms with Gasteiger partial charge in [0.15, 0.2) is 5.82 Å². The largest absolute Gasteiger partial charge is 0.497 e. The summed E-state index contributed by atoms with van der Waals surface area (Å²) in [6.45, 7) is 0. The Hall–Kier alpha value is -3.92. The summed E-state index contributed by atoms with van der Waals surface area (Å²) in [5.41, 5.74) is 0.401. The van der Waals surface area contributed by atoms with E-state index in [1.807, 2.05) is 0 Å². The highest BCUT2D eigenvalue weighted by atomic mass is 32.2. The second kappa shape index (κ2) is 8.21. The molecule has 0 aliphatic rings. The minimum atomic E-state index is -3.71. The lowest BCUT2D eigenvalue weighted by Crippen LogP contribution is -2.12. The summed E-state index contributed by atoms with van der Waals surface area (Å²) in [7, 11) is -2.19. The van der Waals surface area contributed by atoms with Gasteiger partial charge in [-0.05, 0) is 60.7 Å². The molecule has 0 fully saturated rings. The normalized spacial score (nSPS) is 11.1. The fourth-order valence-corrected chi connectivity index (χ4v) is 3.63. The highest BCUT2D eigenvalue weighted by Gasteiger charge is 2.14. The number of hydrogen-bond donors (Lipinski definition) is 1. The van der Waals surface area contributed by atoms with Gasteiger partial charge in [0.25, 0.3) is 10.0 Å². The van der Waals surface area contributed by atoms with Crippen molar-refractivity contribution in [1.82, 2.24) is 20.0 Å². The van der Waals surface area contributed by atoms with Crippen LogP contribution >= 0.6 is 0 Å². The summed E-state index contributed by atoms with van der Waals surface area (Å²) in [6, 6.07) is 17.8. The van der Waals surface area contributed by atoms with E-state index in [1.54, 1.807) is 71.7 Å². The minimum absolute atomic E-state index is 0.135. The van der Waals surface area contributed by atoms with Crippen LogP contribution in [0.3, 0.4) is 0 Å². The van der Waals surface area contributed by atoms with Crippen molar-refractivity contribution in [1.29, 1.82) is 0 Å². The smallest absolute Gasteiger partial charge is 0.261 e. The summed E-state index contributed by atoms with van der Waals surface area (Å²) in [5, 5.41) is 12.1. The fourth-order valence-electron chi connectivity index (χ4n) is 2.57. The van der Waals surface area contributed by atoms with Crippen LogP contribution in [0.5, 0.6) is 17.4 Å². The predicted molar refractivity (Wildman–Crippen MR) is 109 cm³/mol. The highest BCUT2D eigenvalue weighted by molar-refractivity contribution is 7.92. The Balaban J connectivity index is 1.42. The van der Waals surface area contributed by atoms with Gasteiger partial charge in [-0.3, -0.25) is 4.72 Å². The molecule has 0 aliphatic heterocycles. The van der Waals surface area contributed by atoms with Gasteiger partial charge in [-0.15, -0.1) is 10.2 Å². The molecule has 0 amide bonds. The van der Waals surface area contributed by atoms with E-state index < -0.39 is 10.0 Å². The third kappa shape index (κ3) is 4.39. The summed E-state index contributed by atoms with van der Waals surface area (Å²) in [5.74, 6) is 1.94. The Morgan fingerprint density at radius 2 is 1.63 bits per heavy atom.